The molecule has 0 bridgehead atoms. The zero-order valence-electron chi connectivity index (χ0n) is 67.2. The molecule has 109 heavy (non-hydrogen) atoms. The highest BCUT2D eigenvalue weighted by Crippen LogP contribution is 2.23. The summed E-state index contributed by atoms with van der Waals surface area (Å²) in [7, 11) is 9.41. The zero-order valence-corrected chi connectivity index (χ0v) is 67.2. The molecule has 2 aliphatic heterocycles. The maximum atomic E-state index is 15.8. The van der Waals surface area contributed by atoms with E-state index < -0.39 is 186 Å². The first-order valence-electron chi connectivity index (χ1n) is 38.0. The van der Waals surface area contributed by atoms with Gasteiger partial charge in [-0.1, -0.05) is 153 Å². The molecule has 14 atom stereocenters. The molecule has 3 aromatic carbocycles. The first-order chi connectivity index (χ1) is 51.2. The van der Waals surface area contributed by atoms with Gasteiger partial charge in [0.1, 0.15) is 72.5 Å². The Balaban J connectivity index is 1.66. The summed E-state index contributed by atoms with van der Waals surface area (Å²) in [5.74, 6) is -13.4. The first-order valence-corrected chi connectivity index (χ1v) is 38.0. The van der Waals surface area contributed by atoms with E-state index in [9.17, 15) is 48.3 Å². The van der Waals surface area contributed by atoms with Crippen LogP contribution in [0.15, 0.2) is 91.0 Å². The molecule has 29 heteroatoms. The minimum absolute atomic E-state index is 0.0238. The van der Waals surface area contributed by atoms with Crippen LogP contribution in [0.2, 0.25) is 0 Å². The Morgan fingerprint density at radius 3 is 1.58 bits per heavy atom. The van der Waals surface area contributed by atoms with Crippen LogP contribution in [0.4, 0.5) is 0 Å². The second-order valence-electron chi connectivity index (χ2n) is 30.6. The molecular formula is C80H120N14O15. The summed E-state index contributed by atoms with van der Waals surface area (Å²) in [6.45, 7) is 19.7. The van der Waals surface area contributed by atoms with Crippen molar-refractivity contribution in [2.75, 3.05) is 69.0 Å². The third-order valence-corrected chi connectivity index (χ3v) is 21.0. The molecule has 7 N–H and O–H groups in total. The van der Waals surface area contributed by atoms with Crippen LogP contribution in [-0.4, -0.2) is 275 Å². The topological polar surface area (TPSA) is 357 Å². The highest BCUT2D eigenvalue weighted by Gasteiger charge is 2.44. The molecule has 5 rings (SSSR count). The number of amides is 14. The maximum Gasteiger partial charge on any atom is 0.246 e. The predicted molar refractivity (Wildman–Crippen MR) is 411 cm³/mol. The lowest BCUT2D eigenvalue weighted by molar-refractivity contribution is -0.150. The van der Waals surface area contributed by atoms with Gasteiger partial charge in [0.25, 0.3) is 0 Å². The summed E-state index contributed by atoms with van der Waals surface area (Å²) < 4.78 is 0. The summed E-state index contributed by atoms with van der Waals surface area (Å²) in [4.78, 5) is 218. The number of aliphatic hydroxyl groups excluding tert-OH is 1. The van der Waals surface area contributed by atoms with Gasteiger partial charge < -0.3 is 76.2 Å². The van der Waals surface area contributed by atoms with E-state index >= 15 is 24.0 Å². The van der Waals surface area contributed by atoms with E-state index in [1.807, 2.05) is 13.8 Å². The van der Waals surface area contributed by atoms with Gasteiger partial charge in [-0.05, 0) is 93.7 Å². The van der Waals surface area contributed by atoms with Crippen LogP contribution in [0.25, 0.3) is 0 Å². The predicted octanol–water partition coefficient (Wildman–Crippen LogP) is 2.30. The fourth-order valence-electron chi connectivity index (χ4n) is 13.6. The number of carbonyl (C=O) groups excluding carboxylic acids is 14. The van der Waals surface area contributed by atoms with Gasteiger partial charge in [0.05, 0.1) is 19.1 Å². The van der Waals surface area contributed by atoms with Gasteiger partial charge in [0, 0.05) is 81.7 Å². The van der Waals surface area contributed by atoms with Crippen molar-refractivity contribution in [2.45, 2.75) is 219 Å². The van der Waals surface area contributed by atoms with E-state index in [2.05, 4.69) is 31.9 Å². The molecule has 3 aromatic rings. The standard InChI is InChI=1S/C80H120N14O15/c1-20-50(8)66-71(100)83-59(77(106)92(18)62(44-57-37-29-23-30-38-57)79(108)90(16)60(43-56-35-27-22-28-36-56)70(99)81-51(9)74(103)94-39-31-24-32-40-94)45-63(96)84-65(48(4)5)80(109)87(13)46-64(97)88(14)53(11)75(104)93(19)68(49(6)7)73(102)86-67(54(12)95)72(101)82-58(42-55-33-25-21-26-34-55)76(105)91(17)61(41-47(2)3)78(107)89(15)52(10)69(98)85-66/h21-23,25-30,33-38,47-54,58-62,65-68,95H,20,24,31-32,39-46H2,1-19H3,(H,81,99)(H,82,101)(H,83,100)(H,84,96)(H,85,98)(H,86,102)/t50-,51-,52-,53-,54+,58-,59-,60-,61-,62?,65+,66-,67-,68-/m0/s1. The zero-order chi connectivity index (χ0) is 81.6. The highest BCUT2D eigenvalue weighted by atomic mass is 16.3. The molecular weight excluding hydrogens is 1400 g/mol. The number of piperidine rings is 1. The van der Waals surface area contributed by atoms with E-state index in [1.54, 1.807) is 144 Å². The summed E-state index contributed by atoms with van der Waals surface area (Å²) in [5, 5.41) is 27.6. The third kappa shape index (κ3) is 24.6. The minimum Gasteiger partial charge on any atom is -0.391 e. The fraction of sp³-hybridized carbons (Fsp3) is 0.600. The summed E-state index contributed by atoms with van der Waals surface area (Å²) in [6.07, 6.45) is 0.0718. The van der Waals surface area contributed by atoms with Gasteiger partial charge >= 0.3 is 0 Å². The largest absolute Gasteiger partial charge is 0.391 e. The number of hydrogen-bond donors (Lipinski definition) is 7. The van der Waals surface area contributed by atoms with Crippen LogP contribution in [0.1, 0.15) is 138 Å². The minimum atomic E-state index is -1.89. The Labute approximate surface area is 643 Å². The van der Waals surface area contributed by atoms with Crippen molar-refractivity contribution >= 4 is 82.7 Å². The lowest BCUT2D eigenvalue weighted by Gasteiger charge is -2.37. The monoisotopic (exact) mass is 1520 g/mol. The number of likely N-dealkylation sites (N-methyl/N-ethyl adjacent to an activating group) is 7. The lowest BCUT2D eigenvalue weighted by atomic mass is 9.96. The Morgan fingerprint density at radius 1 is 0.541 bits per heavy atom. The van der Waals surface area contributed by atoms with Gasteiger partial charge in [0.2, 0.25) is 82.7 Å². The number of carbonyl (C=O) groups is 14. The summed E-state index contributed by atoms with van der Waals surface area (Å²) in [6, 6.07) is 9.30. The van der Waals surface area contributed by atoms with Crippen LogP contribution in [0.5, 0.6) is 0 Å². The van der Waals surface area contributed by atoms with E-state index in [0.717, 1.165) is 43.8 Å². The second-order valence-corrected chi connectivity index (χ2v) is 30.6. The van der Waals surface area contributed by atoms with Crippen LogP contribution in [0, 0.1) is 23.7 Å². The van der Waals surface area contributed by atoms with E-state index in [1.165, 1.54) is 79.9 Å². The number of hydrogen-bond acceptors (Lipinski definition) is 15. The van der Waals surface area contributed by atoms with Crippen LogP contribution >= 0.6 is 0 Å². The highest BCUT2D eigenvalue weighted by molar-refractivity contribution is 6.01. The quantitative estimate of drug-likeness (QED) is 0.0854. The molecule has 14 amide bonds. The molecule has 0 aliphatic carbocycles. The molecule has 2 saturated heterocycles. The third-order valence-electron chi connectivity index (χ3n) is 21.0. The van der Waals surface area contributed by atoms with Crippen molar-refractivity contribution < 1.29 is 72.2 Å². The Hall–Kier alpha value is -9.80. The molecule has 0 radical (unpaired) electrons. The van der Waals surface area contributed by atoms with Crippen molar-refractivity contribution in [3.63, 3.8) is 0 Å². The molecule has 600 valence electrons. The number of nitrogens with zero attached hydrogens (tertiary/aromatic N) is 8. The first kappa shape index (κ1) is 89.8. The molecule has 2 fully saturated rings. The number of aliphatic hydroxyl groups is 1. The Morgan fingerprint density at radius 2 is 1.06 bits per heavy atom. The van der Waals surface area contributed by atoms with Crippen LogP contribution in [0.3, 0.4) is 0 Å². The van der Waals surface area contributed by atoms with Gasteiger partial charge in [-0.15, -0.1) is 0 Å². The number of benzene rings is 3. The molecule has 2 heterocycles. The molecule has 2 aliphatic rings. The van der Waals surface area contributed by atoms with Gasteiger partial charge in [-0.25, -0.2) is 0 Å². The van der Waals surface area contributed by atoms with Crippen LogP contribution < -0.4 is 31.9 Å². The number of rotatable bonds is 20. The molecule has 1 unspecified atom stereocenters. The molecule has 0 saturated carbocycles. The number of likely N-dealkylation sites (tertiary alicyclic amines) is 1. The summed E-state index contributed by atoms with van der Waals surface area (Å²) >= 11 is 0. The number of nitrogens with one attached hydrogen (secondary N) is 6. The van der Waals surface area contributed by atoms with Crippen molar-refractivity contribution in [3.8, 4) is 0 Å². The van der Waals surface area contributed by atoms with E-state index in [0.29, 0.717) is 29.8 Å². The van der Waals surface area contributed by atoms with Gasteiger partial charge in [0.15, 0.2) is 0 Å². The molecule has 0 aromatic heterocycles. The average molecular weight is 1520 g/mol. The van der Waals surface area contributed by atoms with Crippen molar-refractivity contribution in [1.29, 1.82) is 0 Å². The van der Waals surface area contributed by atoms with Crippen molar-refractivity contribution in [2.24, 2.45) is 23.7 Å². The van der Waals surface area contributed by atoms with Gasteiger partial charge in [-0.2, -0.15) is 0 Å². The van der Waals surface area contributed by atoms with Crippen LogP contribution in [-0.2, 0) is 86.4 Å². The maximum absolute atomic E-state index is 15.8. The van der Waals surface area contributed by atoms with Crippen molar-refractivity contribution in [1.82, 2.24) is 71.1 Å². The normalized spacial score (nSPS) is 23.7. The smallest absolute Gasteiger partial charge is 0.246 e. The molecule has 0 spiro atoms. The van der Waals surface area contributed by atoms with Crippen molar-refractivity contribution in [3.05, 3.63) is 108 Å². The van der Waals surface area contributed by atoms with E-state index in [4.69, 9.17) is 0 Å². The lowest BCUT2D eigenvalue weighted by Crippen LogP contribution is -2.63. The Kier molecular flexibility index (Phi) is 34.3. The second kappa shape index (κ2) is 41.7. The van der Waals surface area contributed by atoms with Gasteiger partial charge in [-0.3, -0.25) is 67.1 Å². The fourth-order valence-corrected chi connectivity index (χ4v) is 13.6. The summed E-state index contributed by atoms with van der Waals surface area (Å²) in [5.41, 5.74) is 1.82. The molecule has 29 nitrogen and oxygen atoms in total. The van der Waals surface area contributed by atoms with E-state index in [-0.39, 0.29) is 43.9 Å². The Bertz CT molecular complexity index is 3630. The SMILES string of the molecule is CC[C@H](C)[C@@H]1NC(=O)[C@H](C)N(C)C(=O)[C@H](CC(C)C)N(C)C(=O)[C@H](Cc2ccccc2)NC(=O)[C@H]([C@@H](C)O)NC(=O)[C@H](C(C)C)N(C)C(=O)[C@H](C)N(C)C(=O)CN(C)C(=O)[C@@H](C(C)C)NC(=O)C[C@@H](C(=O)N(C)C(Cc2ccccc2)C(=O)N(C)[C@@H](Cc2ccccc2)C(=O)N[C@@H](C)C(=O)N2CCCCC2)NC1=O. The average Bonchev–Trinajstić information content (AvgIpc) is 0.831.